The van der Waals surface area contributed by atoms with Gasteiger partial charge < -0.3 is 0 Å². The van der Waals surface area contributed by atoms with Gasteiger partial charge in [0.05, 0.1) is 16.6 Å². The van der Waals surface area contributed by atoms with Gasteiger partial charge in [-0.1, -0.05) is 43.8 Å². The van der Waals surface area contributed by atoms with E-state index in [1.165, 1.54) is 0 Å². The van der Waals surface area contributed by atoms with Gasteiger partial charge in [-0.05, 0) is 55.2 Å². The summed E-state index contributed by atoms with van der Waals surface area (Å²) >= 11 is 1.64. The number of para-hydroxylation sites is 1. The quantitative estimate of drug-likeness (QED) is 0.508. The molecule has 0 aliphatic carbocycles. The lowest BCUT2D eigenvalue weighted by Gasteiger charge is -2.15. The van der Waals surface area contributed by atoms with Gasteiger partial charge in [-0.2, -0.15) is 0 Å². The van der Waals surface area contributed by atoms with Gasteiger partial charge >= 0.3 is 0 Å². The lowest BCUT2D eigenvalue weighted by Crippen LogP contribution is -2.22. The first-order valence-electron chi connectivity index (χ1n) is 8.19. The third kappa shape index (κ3) is 3.39. The summed E-state index contributed by atoms with van der Waals surface area (Å²) in [7, 11) is 0. The van der Waals surface area contributed by atoms with Crippen LogP contribution in [0, 0.1) is 19.8 Å². The fourth-order valence-electron chi connectivity index (χ4n) is 2.76. The molecule has 0 aliphatic rings. The minimum absolute atomic E-state index is 0.00291. The van der Waals surface area contributed by atoms with Gasteiger partial charge in [-0.15, -0.1) is 0 Å². The summed E-state index contributed by atoms with van der Waals surface area (Å²) in [4.78, 5) is 17.9. The van der Waals surface area contributed by atoms with Crippen molar-refractivity contribution in [1.29, 1.82) is 0 Å². The molecule has 0 amide bonds. The smallest absolute Gasteiger partial charge is 0.266 e. The molecule has 0 unspecified atom stereocenters. The van der Waals surface area contributed by atoms with Crippen molar-refractivity contribution >= 4 is 22.7 Å². The predicted octanol–water partition coefficient (Wildman–Crippen LogP) is 4.75. The Morgan fingerprint density at radius 3 is 2.42 bits per heavy atom. The number of hydrogen-bond acceptors (Lipinski definition) is 3. The van der Waals surface area contributed by atoms with Crippen molar-refractivity contribution in [3.63, 3.8) is 0 Å². The maximum atomic E-state index is 13.1. The van der Waals surface area contributed by atoms with Gasteiger partial charge in [0, 0.05) is 5.75 Å². The van der Waals surface area contributed by atoms with Crippen molar-refractivity contribution in [2.24, 2.45) is 5.92 Å². The molecule has 2 aromatic carbocycles. The maximum absolute atomic E-state index is 13.1. The molecule has 3 rings (SSSR count). The van der Waals surface area contributed by atoms with Crippen LogP contribution in [0.3, 0.4) is 0 Å². The summed E-state index contributed by atoms with van der Waals surface area (Å²) in [5, 5.41) is 1.42. The number of nitrogens with zero attached hydrogens (tertiary/aromatic N) is 2. The van der Waals surface area contributed by atoms with Crippen molar-refractivity contribution in [3.05, 3.63) is 63.9 Å². The second-order valence-electron chi connectivity index (χ2n) is 6.60. The van der Waals surface area contributed by atoms with Crippen LogP contribution in [0.15, 0.2) is 52.4 Å². The zero-order valence-corrected chi connectivity index (χ0v) is 15.4. The second kappa shape index (κ2) is 6.81. The molecule has 124 valence electrons. The van der Waals surface area contributed by atoms with Crippen LogP contribution >= 0.6 is 11.8 Å². The Kier molecular flexibility index (Phi) is 4.76. The second-order valence-corrected chi connectivity index (χ2v) is 7.59. The van der Waals surface area contributed by atoms with E-state index < -0.39 is 0 Å². The minimum Gasteiger partial charge on any atom is -0.268 e. The normalized spacial score (nSPS) is 11.4. The molecule has 0 radical (unpaired) electrons. The largest absolute Gasteiger partial charge is 0.268 e. The third-order valence-electron chi connectivity index (χ3n) is 3.76. The van der Waals surface area contributed by atoms with Crippen LogP contribution < -0.4 is 5.56 Å². The number of rotatable bonds is 4. The zero-order chi connectivity index (χ0) is 17.3. The number of aryl methyl sites for hydroxylation is 2. The van der Waals surface area contributed by atoms with Crippen LogP contribution in [-0.4, -0.2) is 15.3 Å². The molecule has 0 atom stereocenters. The van der Waals surface area contributed by atoms with Crippen LogP contribution in [-0.2, 0) is 0 Å². The van der Waals surface area contributed by atoms with Crippen molar-refractivity contribution < 1.29 is 0 Å². The molecule has 0 fully saturated rings. The van der Waals surface area contributed by atoms with E-state index in [0.29, 0.717) is 11.3 Å². The van der Waals surface area contributed by atoms with E-state index in [1.54, 1.807) is 16.3 Å². The van der Waals surface area contributed by atoms with Crippen LogP contribution in [0.4, 0.5) is 0 Å². The first kappa shape index (κ1) is 16.8. The lowest BCUT2D eigenvalue weighted by molar-refractivity contribution is 0.742. The predicted molar refractivity (Wildman–Crippen MR) is 102 cm³/mol. The number of aromatic nitrogens is 2. The summed E-state index contributed by atoms with van der Waals surface area (Å²) in [6.45, 7) is 8.45. The van der Waals surface area contributed by atoms with Crippen molar-refractivity contribution in [3.8, 4) is 5.69 Å². The lowest BCUT2D eigenvalue weighted by atomic mass is 10.1. The molecule has 0 saturated carbocycles. The summed E-state index contributed by atoms with van der Waals surface area (Å²) < 4.78 is 1.76. The van der Waals surface area contributed by atoms with Crippen LogP contribution in [0.1, 0.15) is 25.0 Å². The molecule has 3 aromatic rings. The molecule has 0 spiro atoms. The molecule has 1 heterocycles. The fraction of sp³-hybridized carbons (Fsp3) is 0.300. The Morgan fingerprint density at radius 2 is 1.75 bits per heavy atom. The number of benzene rings is 2. The molecule has 1 aromatic heterocycles. The number of hydrogen-bond donors (Lipinski definition) is 0. The van der Waals surface area contributed by atoms with Gasteiger partial charge in [-0.25, -0.2) is 4.98 Å². The van der Waals surface area contributed by atoms with E-state index in [4.69, 9.17) is 4.98 Å². The summed E-state index contributed by atoms with van der Waals surface area (Å²) in [5.41, 5.74) is 3.93. The molecule has 4 heteroatoms. The molecular formula is C20H22N2OS. The van der Waals surface area contributed by atoms with Gasteiger partial charge in [0.1, 0.15) is 0 Å². The third-order valence-corrected chi connectivity index (χ3v) is 5.12. The molecule has 0 aliphatic heterocycles. The molecule has 0 bridgehead atoms. The highest BCUT2D eigenvalue weighted by Crippen LogP contribution is 2.24. The maximum Gasteiger partial charge on any atom is 0.266 e. The molecular weight excluding hydrogens is 316 g/mol. The standard InChI is InChI=1S/C20H22N2OS/c1-13(2)12-24-20-21-18-8-6-5-7-17(18)19(23)22(20)16-10-14(3)9-15(4)11-16/h5-11,13H,12H2,1-4H3. The Morgan fingerprint density at radius 1 is 1.08 bits per heavy atom. The summed E-state index contributed by atoms with van der Waals surface area (Å²) in [6.07, 6.45) is 0. The van der Waals surface area contributed by atoms with Gasteiger partial charge in [-0.3, -0.25) is 9.36 Å². The SMILES string of the molecule is Cc1cc(C)cc(-n2c(SCC(C)C)nc3ccccc3c2=O)c1. The summed E-state index contributed by atoms with van der Waals surface area (Å²) in [5.74, 6) is 1.46. The highest BCUT2D eigenvalue weighted by atomic mass is 32.2. The van der Waals surface area contributed by atoms with Crippen molar-refractivity contribution in [2.45, 2.75) is 32.9 Å². The average Bonchev–Trinajstić information content (AvgIpc) is 2.52. The molecule has 0 N–H and O–H groups in total. The Bertz CT molecular complexity index is 924. The first-order valence-corrected chi connectivity index (χ1v) is 9.17. The van der Waals surface area contributed by atoms with Gasteiger partial charge in [0.15, 0.2) is 5.16 Å². The molecule has 0 saturated heterocycles. The van der Waals surface area contributed by atoms with E-state index in [9.17, 15) is 4.79 Å². The van der Waals surface area contributed by atoms with E-state index in [0.717, 1.165) is 33.2 Å². The monoisotopic (exact) mass is 338 g/mol. The number of thioether (sulfide) groups is 1. The topological polar surface area (TPSA) is 34.9 Å². The molecule has 3 nitrogen and oxygen atoms in total. The summed E-state index contributed by atoms with van der Waals surface area (Å²) in [6, 6.07) is 13.8. The Balaban J connectivity index is 2.28. The highest BCUT2D eigenvalue weighted by Gasteiger charge is 2.14. The van der Waals surface area contributed by atoms with Crippen molar-refractivity contribution in [1.82, 2.24) is 9.55 Å². The van der Waals surface area contributed by atoms with E-state index >= 15 is 0 Å². The highest BCUT2D eigenvalue weighted by molar-refractivity contribution is 7.99. The van der Waals surface area contributed by atoms with Crippen LogP contribution in [0.2, 0.25) is 0 Å². The van der Waals surface area contributed by atoms with Crippen molar-refractivity contribution in [2.75, 3.05) is 5.75 Å². The van der Waals surface area contributed by atoms with E-state index in [2.05, 4.69) is 33.8 Å². The Hall–Kier alpha value is -2.07. The molecule has 24 heavy (non-hydrogen) atoms. The first-order chi connectivity index (χ1) is 11.5. The number of fused-ring (bicyclic) bond motifs is 1. The van der Waals surface area contributed by atoms with E-state index in [1.807, 2.05) is 36.4 Å². The zero-order valence-electron chi connectivity index (χ0n) is 14.5. The van der Waals surface area contributed by atoms with Crippen LogP contribution in [0.25, 0.3) is 16.6 Å². The Labute approximate surface area is 146 Å². The average molecular weight is 338 g/mol. The fourth-order valence-corrected chi connectivity index (χ4v) is 3.72. The minimum atomic E-state index is -0.00291. The van der Waals surface area contributed by atoms with Gasteiger partial charge in [0.2, 0.25) is 0 Å². The van der Waals surface area contributed by atoms with Crippen LogP contribution in [0.5, 0.6) is 0 Å². The van der Waals surface area contributed by atoms with E-state index in [-0.39, 0.29) is 5.56 Å². The van der Waals surface area contributed by atoms with Gasteiger partial charge in [0.25, 0.3) is 5.56 Å².